The van der Waals surface area contributed by atoms with Gasteiger partial charge in [-0.3, -0.25) is 24.6 Å². The first kappa shape index (κ1) is 18.0. The van der Waals surface area contributed by atoms with Crippen LogP contribution in [-0.2, 0) is 4.79 Å². The number of hydrogen-bond donors (Lipinski definition) is 1. The molecule has 1 aromatic carbocycles. The number of aliphatic hydroxyl groups is 1. The van der Waals surface area contributed by atoms with E-state index in [1.54, 1.807) is 29.0 Å². The molecule has 4 rings (SSSR count). The molecule has 0 radical (unpaired) electrons. The SMILES string of the molecule is O=C(C1=C(O)C(=O)N(c2nccs2)[C@@H]1c1ccccc1[N+](=O)[O-])c1cccs1. The molecule has 0 aliphatic carbocycles. The number of aliphatic hydroxyl groups excluding tert-OH is 1. The number of nitrogens with zero attached hydrogens (tertiary/aromatic N) is 3. The Labute approximate surface area is 166 Å². The number of hydrogen-bond acceptors (Lipinski definition) is 8. The molecule has 0 saturated heterocycles. The number of Topliss-reactive ketones (excluding diaryl/α,β-unsaturated/α-hetero) is 1. The molecule has 28 heavy (non-hydrogen) atoms. The quantitative estimate of drug-likeness (QED) is 0.386. The Morgan fingerprint density at radius 2 is 1.96 bits per heavy atom. The van der Waals surface area contributed by atoms with Gasteiger partial charge >= 0.3 is 0 Å². The number of para-hydroxylation sites is 1. The number of carbonyl (C=O) groups is 2. The van der Waals surface area contributed by atoms with Gasteiger partial charge in [0.05, 0.1) is 20.9 Å². The van der Waals surface area contributed by atoms with Gasteiger partial charge in [0.15, 0.2) is 10.9 Å². The van der Waals surface area contributed by atoms with E-state index in [-0.39, 0.29) is 22.0 Å². The van der Waals surface area contributed by atoms with Gasteiger partial charge in [-0.25, -0.2) is 4.98 Å². The number of anilines is 1. The van der Waals surface area contributed by atoms with Crippen molar-refractivity contribution in [3.8, 4) is 0 Å². The van der Waals surface area contributed by atoms with E-state index in [1.807, 2.05) is 0 Å². The van der Waals surface area contributed by atoms with Gasteiger partial charge in [0.1, 0.15) is 6.04 Å². The average Bonchev–Trinajstić information content (AvgIpc) is 3.43. The van der Waals surface area contributed by atoms with Crippen molar-refractivity contribution in [2.24, 2.45) is 0 Å². The zero-order valence-corrected chi connectivity index (χ0v) is 15.6. The molecule has 10 heteroatoms. The highest BCUT2D eigenvalue weighted by atomic mass is 32.1. The smallest absolute Gasteiger partial charge is 0.296 e. The fraction of sp³-hybridized carbons (Fsp3) is 0.0556. The third-order valence-electron chi connectivity index (χ3n) is 4.25. The van der Waals surface area contributed by atoms with E-state index in [0.29, 0.717) is 4.88 Å². The molecular formula is C18H11N3O5S2. The van der Waals surface area contributed by atoms with Crippen molar-refractivity contribution in [1.82, 2.24) is 4.98 Å². The number of amides is 1. The van der Waals surface area contributed by atoms with Gasteiger partial charge in [-0.15, -0.1) is 22.7 Å². The number of benzene rings is 1. The highest BCUT2D eigenvalue weighted by Gasteiger charge is 2.47. The highest BCUT2D eigenvalue weighted by molar-refractivity contribution is 7.14. The molecule has 3 aromatic rings. The van der Waals surface area contributed by atoms with E-state index in [4.69, 9.17) is 0 Å². The Kier molecular flexibility index (Phi) is 4.49. The third-order valence-corrected chi connectivity index (χ3v) is 5.89. The van der Waals surface area contributed by atoms with Crippen molar-refractivity contribution in [3.63, 3.8) is 0 Å². The van der Waals surface area contributed by atoms with Gasteiger partial charge in [-0.1, -0.05) is 18.2 Å². The first-order chi connectivity index (χ1) is 13.5. The number of nitro groups is 1. The number of rotatable bonds is 5. The summed E-state index contributed by atoms with van der Waals surface area (Å²) in [5.41, 5.74) is -0.329. The first-order valence-corrected chi connectivity index (χ1v) is 9.74. The van der Waals surface area contributed by atoms with Crippen LogP contribution in [-0.4, -0.2) is 26.7 Å². The molecule has 1 amide bonds. The highest BCUT2D eigenvalue weighted by Crippen LogP contribution is 2.45. The van der Waals surface area contributed by atoms with E-state index >= 15 is 0 Å². The van der Waals surface area contributed by atoms with Crippen LogP contribution in [0.25, 0.3) is 0 Å². The normalized spacial score (nSPS) is 16.6. The zero-order chi connectivity index (χ0) is 19.8. The minimum atomic E-state index is -1.16. The lowest BCUT2D eigenvalue weighted by molar-refractivity contribution is -0.385. The Bertz CT molecular complexity index is 1110. The standard InChI is InChI=1S/C18H11N3O5S2/c22-15(12-6-3-8-27-12)13-14(10-4-1-2-5-11(10)21(25)26)20(17(24)16(13)23)18-19-7-9-28-18/h1-9,14,23H/t14-/m1/s1. The van der Waals surface area contributed by atoms with Gasteiger partial charge in [0, 0.05) is 17.6 Å². The van der Waals surface area contributed by atoms with Gasteiger partial charge in [0.25, 0.3) is 11.6 Å². The van der Waals surface area contributed by atoms with Crippen LogP contribution in [0.2, 0.25) is 0 Å². The predicted molar refractivity (Wildman–Crippen MR) is 104 cm³/mol. The van der Waals surface area contributed by atoms with Gasteiger partial charge in [0.2, 0.25) is 5.78 Å². The summed E-state index contributed by atoms with van der Waals surface area (Å²) in [5, 5.41) is 25.7. The molecule has 3 heterocycles. The fourth-order valence-electron chi connectivity index (χ4n) is 3.09. The molecule has 1 aliphatic rings. The van der Waals surface area contributed by atoms with Crippen molar-refractivity contribution in [1.29, 1.82) is 0 Å². The van der Waals surface area contributed by atoms with E-state index in [2.05, 4.69) is 4.98 Å². The first-order valence-electron chi connectivity index (χ1n) is 7.98. The summed E-state index contributed by atoms with van der Waals surface area (Å²) in [4.78, 5) is 42.4. The summed E-state index contributed by atoms with van der Waals surface area (Å²) in [6.45, 7) is 0. The number of ketones is 1. The molecule has 0 unspecified atom stereocenters. The van der Waals surface area contributed by atoms with Crippen LogP contribution in [0.1, 0.15) is 21.3 Å². The molecule has 0 fully saturated rings. The second kappa shape index (κ2) is 6.98. The maximum atomic E-state index is 13.1. The minimum Gasteiger partial charge on any atom is -0.503 e. The Hall–Kier alpha value is -3.37. The summed E-state index contributed by atoms with van der Waals surface area (Å²) >= 11 is 2.28. The lowest BCUT2D eigenvalue weighted by atomic mass is 9.94. The number of thiazole rings is 1. The minimum absolute atomic E-state index is 0.125. The van der Waals surface area contributed by atoms with Crippen LogP contribution in [0.5, 0.6) is 0 Å². The van der Waals surface area contributed by atoms with Crippen molar-refractivity contribution < 1.29 is 19.6 Å². The van der Waals surface area contributed by atoms with Crippen molar-refractivity contribution >= 4 is 45.2 Å². The Balaban J connectivity index is 1.95. The average molecular weight is 413 g/mol. The summed E-state index contributed by atoms with van der Waals surface area (Å²) in [7, 11) is 0. The van der Waals surface area contributed by atoms with Crippen LogP contribution >= 0.6 is 22.7 Å². The molecule has 8 nitrogen and oxygen atoms in total. The van der Waals surface area contributed by atoms with Crippen LogP contribution < -0.4 is 4.90 Å². The summed E-state index contributed by atoms with van der Waals surface area (Å²) in [6, 6.07) is 7.92. The van der Waals surface area contributed by atoms with Gasteiger partial charge in [-0.05, 0) is 17.5 Å². The van der Waals surface area contributed by atoms with E-state index in [9.17, 15) is 24.8 Å². The second-order valence-corrected chi connectivity index (χ2v) is 7.60. The number of nitro benzene ring substituents is 1. The molecule has 0 spiro atoms. The fourth-order valence-corrected chi connectivity index (χ4v) is 4.43. The lowest BCUT2D eigenvalue weighted by Gasteiger charge is -2.24. The Morgan fingerprint density at radius 1 is 1.18 bits per heavy atom. The summed E-state index contributed by atoms with van der Waals surface area (Å²) in [5.74, 6) is -2.10. The van der Waals surface area contributed by atoms with Gasteiger partial charge in [-0.2, -0.15) is 0 Å². The van der Waals surface area contributed by atoms with Gasteiger partial charge < -0.3 is 5.11 Å². The molecule has 1 atom stereocenters. The summed E-state index contributed by atoms with van der Waals surface area (Å²) in [6.07, 6.45) is 1.47. The van der Waals surface area contributed by atoms with Crippen LogP contribution in [0.15, 0.2) is 64.7 Å². The molecule has 0 bridgehead atoms. The largest absolute Gasteiger partial charge is 0.503 e. The maximum Gasteiger partial charge on any atom is 0.296 e. The molecule has 140 valence electrons. The van der Waals surface area contributed by atoms with Crippen LogP contribution in [0.4, 0.5) is 10.8 Å². The predicted octanol–water partition coefficient (Wildman–Crippen LogP) is 3.90. The zero-order valence-electron chi connectivity index (χ0n) is 14.0. The maximum absolute atomic E-state index is 13.1. The monoisotopic (exact) mass is 413 g/mol. The van der Waals surface area contributed by atoms with Crippen LogP contribution in [0, 0.1) is 10.1 Å². The van der Waals surface area contributed by atoms with Crippen LogP contribution in [0.3, 0.4) is 0 Å². The second-order valence-electron chi connectivity index (χ2n) is 5.78. The van der Waals surface area contributed by atoms with Crippen molar-refractivity contribution in [2.45, 2.75) is 6.04 Å². The van der Waals surface area contributed by atoms with E-state index in [0.717, 1.165) is 27.6 Å². The summed E-state index contributed by atoms with van der Waals surface area (Å²) < 4.78 is 0. The number of carbonyl (C=O) groups excluding carboxylic acids is 2. The van der Waals surface area contributed by atoms with Crippen molar-refractivity contribution in [3.05, 3.63) is 85.2 Å². The number of thiophene rings is 1. The Morgan fingerprint density at radius 3 is 2.61 bits per heavy atom. The van der Waals surface area contributed by atoms with E-state index < -0.39 is 28.4 Å². The molecule has 0 saturated carbocycles. The molecule has 2 aromatic heterocycles. The lowest BCUT2D eigenvalue weighted by Crippen LogP contribution is -2.31. The molecule has 1 N–H and O–H groups in total. The molecule has 1 aliphatic heterocycles. The molecular weight excluding hydrogens is 402 g/mol. The van der Waals surface area contributed by atoms with Crippen molar-refractivity contribution in [2.75, 3.05) is 4.90 Å². The van der Waals surface area contributed by atoms with E-state index in [1.165, 1.54) is 24.4 Å². The third kappa shape index (κ3) is 2.79. The topological polar surface area (TPSA) is 114 Å². The number of aromatic nitrogens is 1.